The van der Waals surface area contributed by atoms with Crippen molar-refractivity contribution in [3.8, 4) is 17.3 Å². The van der Waals surface area contributed by atoms with Gasteiger partial charge < -0.3 is 9.30 Å². The van der Waals surface area contributed by atoms with Crippen molar-refractivity contribution in [2.45, 2.75) is 77.9 Å². The summed E-state index contributed by atoms with van der Waals surface area (Å²) >= 11 is 6.31. The fourth-order valence-electron chi connectivity index (χ4n) is 6.01. The maximum Gasteiger partial charge on any atom is 0.143 e. The van der Waals surface area contributed by atoms with Gasteiger partial charge in [-0.25, -0.2) is 9.97 Å². The van der Waals surface area contributed by atoms with Crippen molar-refractivity contribution >= 4 is 22.6 Å². The molecule has 6 nitrogen and oxygen atoms in total. The second-order valence-electron chi connectivity index (χ2n) is 10.4. The highest BCUT2D eigenvalue weighted by Crippen LogP contribution is 2.41. The molecule has 2 saturated carbocycles. The smallest absolute Gasteiger partial charge is 0.143 e. The predicted octanol–water partition coefficient (Wildman–Crippen LogP) is 7.11. The summed E-state index contributed by atoms with van der Waals surface area (Å²) in [7, 11) is 0. The Morgan fingerprint density at radius 2 is 1.89 bits per heavy atom. The molecule has 2 aliphatic carbocycles. The van der Waals surface area contributed by atoms with Crippen LogP contribution in [0.25, 0.3) is 22.3 Å². The van der Waals surface area contributed by atoms with E-state index in [1.54, 1.807) is 12.4 Å². The molecule has 3 aromatic heterocycles. The number of ether oxygens (including phenoxy) is 1. The van der Waals surface area contributed by atoms with E-state index in [9.17, 15) is 5.26 Å². The molecule has 2 aliphatic rings. The van der Waals surface area contributed by atoms with Gasteiger partial charge in [0, 0.05) is 37.2 Å². The van der Waals surface area contributed by atoms with Crippen molar-refractivity contribution in [1.82, 2.24) is 19.5 Å². The highest BCUT2D eigenvalue weighted by molar-refractivity contribution is 6.30. The van der Waals surface area contributed by atoms with E-state index in [0.717, 1.165) is 40.6 Å². The van der Waals surface area contributed by atoms with E-state index in [2.05, 4.69) is 29.5 Å². The number of fused-ring (bicyclic) bond motifs is 1. The Labute approximate surface area is 212 Å². The van der Waals surface area contributed by atoms with Gasteiger partial charge in [-0.05, 0) is 56.4 Å². The molecular formula is C28H34ClN5O. The van der Waals surface area contributed by atoms with Crippen LogP contribution in [0.3, 0.4) is 0 Å². The predicted molar refractivity (Wildman–Crippen MR) is 138 cm³/mol. The first-order valence-corrected chi connectivity index (χ1v) is 13.5. The van der Waals surface area contributed by atoms with Crippen LogP contribution in [0.2, 0.25) is 5.02 Å². The first-order chi connectivity index (χ1) is 17.1. The molecule has 0 bridgehead atoms. The van der Waals surface area contributed by atoms with Crippen molar-refractivity contribution < 1.29 is 4.74 Å². The third-order valence-electron chi connectivity index (χ3n) is 7.85. The largest absolute Gasteiger partial charge is 0.370 e. The fourth-order valence-corrected chi connectivity index (χ4v) is 6.18. The van der Waals surface area contributed by atoms with E-state index in [1.807, 2.05) is 12.1 Å². The Hall–Kier alpha value is -2.49. The second kappa shape index (κ2) is 10.6. The first-order valence-electron chi connectivity index (χ1n) is 13.1. The van der Waals surface area contributed by atoms with Gasteiger partial charge in [0.15, 0.2) is 0 Å². The summed E-state index contributed by atoms with van der Waals surface area (Å²) in [6, 6.07) is 5.91. The van der Waals surface area contributed by atoms with Crippen molar-refractivity contribution in [2.75, 3.05) is 6.61 Å². The molecule has 3 heterocycles. The van der Waals surface area contributed by atoms with Gasteiger partial charge in [0.05, 0.1) is 21.7 Å². The molecule has 0 aromatic carbocycles. The molecule has 5 rings (SSSR count). The lowest BCUT2D eigenvalue weighted by Crippen LogP contribution is -2.23. The normalized spacial score (nSPS) is 21.9. The Balaban J connectivity index is 1.70. The third-order valence-corrected chi connectivity index (χ3v) is 8.06. The Morgan fingerprint density at radius 1 is 1.11 bits per heavy atom. The molecule has 184 valence electrons. The van der Waals surface area contributed by atoms with E-state index in [-0.39, 0.29) is 6.10 Å². The summed E-state index contributed by atoms with van der Waals surface area (Å²) < 4.78 is 8.78. The van der Waals surface area contributed by atoms with Crippen LogP contribution in [0, 0.1) is 29.1 Å². The summed E-state index contributed by atoms with van der Waals surface area (Å²) in [5.74, 6) is 2.85. The van der Waals surface area contributed by atoms with Gasteiger partial charge in [0.2, 0.25) is 0 Å². The van der Waals surface area contributed by atoms with Crippen LogP contribution in [0.15, 0.2) is 24.5 Å². The van der Waals surface area contributed by atoms with Gasteiger partial charge in [-0.2, -0.15) is 5.26 Å². The number of nitrogens with zero attached hydrogens (tertiary/aromatic N) is 5. The molecule has 0 amide bonds. The summed E-state index contributed by atoms with van der Waals surface area (Å²) in [5, 5.41) is 10.3. The molecule has 0 aliphatic heterocycles. The topological polar surface area (TPSA) is 76.6 Å². The number of pyridine rings is 2. The van der Waals surface area contributed by atoms with Gasteiger partial charge in [0.1, 0.15) is 23.7 Å². The fraction of sp³-hybridized carbons (Fsp3) is 0.571. The minimum Gasteiger partial charge on any atom is -0.370 e. The molecule has 0 N–H and O–H groups in total. The van der Waals surface area contributed by atoms with Crippen LogP contribution < -0.4 is 0 Å². The summed E-state index contributed by atoms with van der Waals surface area (Å²) in [5.41, 5.74) is 3.64. The molecule has 0 unspecified atom stereocenters. The maximum atomic E-state index is 9.74. The average molecular weight is 492 g/mol. The Bertz CT molecular complexity index is 1220. The zero-order valence-corrected chi connectivity index (χ0v) is 21.5. The van der Waals surface area contributed by atoms with Gasteiger partial charge in [-0.15, -0.1) is 0 Å². The zero-order chi connectivity index (χ0) is 24.4. The SMILES string of the molecule is CCO[C@H](c1nc2cc(C#N)nc(-c3cncc(Cl)c3)c2n1C[C@H]1CC[C@H](C)CC1)C1CCCC1. The molecule has 1 atom stereocenters. The Morgan fingerprint density at radius 3 is 2.57 bits per heavy atom. The lowest BCUT2D eigenvalue weighted by atomic mass is 9.83. The second-order valence-corrected chi connectivity index (χ2v) is 10.8. The number of nitriles is 1. The van der Waals surface area contributed by atoms with Gasteiger partial charge in [0.25, 0.3) is 0 Å². The molecule has 35 heavy (non-hydrogen) atoms. The summed E-state index contributed by atoms with van der Waals surface area (Å²) in [6.45, 7) is 5.97. The van der Waals surface area contributed by atoms with E-state index < -0.39 is 0 Å². The molecular weight excluding hydrogens is 458 g/mol. The van der Waals surface area contributed by atoms with Gasteiger partial charge >= 0.3 is 0 Å². The average Bonchev–Trinajstić information content (AvgIpc) is 3.52. The number of halogens is 1. The first kappa shape index (κ1) is 24.2. The van der Waals surface area contributed by atoms with Crippen molar-refractivity contribution in [1.29, 1.82) is 5.26 Å². The lowest BCUT2D eigenvalue weighted by Gasteiger charge is -2.29. The van der Waals surface area contributed by atoms with Crippen LogP contribution in [0.4, 0.5) is 0 Å². The monoisotopic (exact) mass is 491 g/mol. The summed E-state index contributed by atoms with van der Waals surface area (Å²) in [6.07, 6.45) is 13.2. The summed E-state index contributed by atoms with van der Waals surface area (Å²) in [4.78, 5) is 14.2. The molecule has 3 aromatic rings. The minimum atomic E-state index is -0.0479. The lowest BCUT2D eigenvalue weighted by molar-refractivity contribution is 0.0114. The highest BCUT2D eigenvalue weighted by Gasteiger charge is 2.33. The van der Waals surface area contributed by atoms with Gasteiger partial charge in [-0.3, -0.25) is 4.98 Å². The van der Waals surface area contributed by atoms with Crippen molar-refractivity contribution in [3.05, 3.63) is 41.1 Å². The van der Waals surface area contributed by atoms with Crippen molar-refractivity contribution in [2.24, 2.45) is 17.8 Å². The van der Waals surface area contributed by atoms with Gasteiger partial charge in [-0.1, -0.05) is 44.2 Å². The van der Waals surface area contributed by atoms with Crippen LogP contribution >= 0.6 is 11.6 Å². The van der Waals surface area contributed by atoms with Crippen molar-refractivity contribution in [3.63, 3.8) is 0 Å². The van der Waals surface area contributed by atoms with E-state index >= 15 is 0 Å². The Kier molecular flexibility index (Phi) is 7.36. The van der Waals surface area contributed by atoms with E-state index in [0.29, 0.717) is 29.2 Å². The number of aromatic nitrogens is 4. The van der Waals surface area contributed by atoms with Crippen LogP contribution in [0.1, 0.15) is 82.8 Å². The minimum absolute atomic E-state index is 0.0479. The van der Waals surface area contributed by atoms with E-state index in [4.69, 9.17) is 26.3 Å². The van der Waals surface area contributed by atoms with E-state index in [1.165, 1.54) is 51.4 Å². The molecule has 2 fully saturated rings. The quantitative estimate of drug-likeness (QED) is 0.352. The number of imidazole rings is 1. The highest BCUT2D eigenvalue weighted by atomic mass is 35.5. The molecule has 0 saturated heterocycles. The maximum absolute atomic E-state index is 9.74. The number of rotatable bonds is 7. The number of hydrogen-bond donors (Lipinski definition) is 0. The molecule has 7 heteroatoms. The van der Waals surface area contributed by atoms with Crippen LogP contribution in [0.5, 0.6) is 0 Å². The third kappa shape index (κ3) is 5.08. The molecule has 0 radical (unpaired) electrons. The standard InChI is InChI=1S/C28H34ClN5O/c1-3-35-27(20-6-4-5-7-20)28-33-24-13-23(14-30)32-25(21-12-22(29)16-31-15-21)26(24)34(28)17-19-10-8-18(2)9-11-19/h12-13,15-16,18-20,27H,3-11,17H2,1-2H3/t18-,19-,27-/m0/s1. The zero-order valence-electron chi connectivity index (χ0n) is 20.7. The molecule has 0 spiro atoms. The van der Waals surface area contributed by atoms with Crippen LogP contribution in [-0.4, -0.2) is 26.1 Å². The van der Waals surface area contributed by atoms with Crippen LogP contribution in [-0.2, 0) is 11.3 Å². The number of hydrogen-bond acceptors (Lipinski definition) is 5.